The molecular formula is C11H14ClNO2S. The molecule has 0 heterocycles. The van der Waals surface area contributed by atoms with Crippen LogP contribution in [0.2, 0.25) is 5.02 Å². The summed E-state index contributed by atoms with van der Waals surface area (Å²) in [6, 6.07) is 7.14. The van der Waals surface area contributed by atoms with Crippen LogP contribution in [0.15, 0.2) is 24.3 Å². The second-order valence-corrected chi connectivity index (χ2v) is 4.18. The molecule has 0 fully saturated rings. The van der Waals surface area contributed by atoms with E-state index in [0.717, 1.165) is 5.56 Å². The molecule has 1 aromatic rings. The molecule has 1 amide bonds. The summed E-state index contributed by atoms with van der Waals surface area (Å²) in [6.45, 7) is 0.446. The molecule has 88 valence electrons. The molecule has 5 heteroatoms. The Kier molecular flexibility index (Phi) is 5.66. The molecule has 0 bridgehead atoms. The lowest BCUT2D eigenvalue weighted by atomic mass is 10.1. The van der Waals surface area contributed by atoms with E-state index in [9.17, 15) is 9.90 Å². The third-order valence-corrected chi connectivity index (χ3v) is 2.68. The zero-order valence-corrected chi connectivity index (χ0v) is 10.3. The number of nitrogens with one attached hydrogen (secondary N) is 1. The first-order valence-corrected chi connectivity index (χ1v) is 5.96. The largest absolute Gasteiger partial charge is 0.383 e. The number of hydrogen-bond donors (Lipinski definition) is 3. The van der Waals surface area contributed by atoms with E-state index in [4.69, 9.17) is 11.6 Å². The maximum Gasteiger partial charge on any atom is 0.249 e. The Morgan fingerprint density at radius 1 is 1.50 bits per heavy atom. The summed E-state index contributed by atoms with van der Waals surface area (Å²) in [5, 5.41) is 12.7. The van der Waals surface area contributed by atoms with Gasteiger partial charge in [-0.1, -0.05) is 29.8 Å². The van der Waals surface area contributed by atoms with Gasteiger partial charge in [0, 0.05) is 23.7 Å². The van der Waals surface area contributed by atoms with Crippen LogP contribution in [0.4, 0.5) is 0 Å². The summed E-state index contributed by atoms with van der Waals surface area (Å²) in [5.41, 5.74) is 0.762. The highest BCUT2D eigenvalue weighted by molar-refractivity contribution is 7.80. The third-order valence-electron chi connectivity index (χ3n) is 2.08. The van der Waals surface area contributed by atoms with Gasteiger partial charge in [-0.2, -0.15) is 12.6 Å². The van der Waals surface area contributed by atoms with Gasteiger partial charge in [-0.05, 0) is 11.6 Å². The van der Waals surface area contributed by atoms with E-state index in [1.165, 1.54) is 0 Å². The van der Waals surface area contributed by atoms with E-state index in [1.54, 1.807) is 18.2 Å². The highest BCUT2D eigenvalue weighted by atomic mass is 35.5. The molecule has 1 rings (SSSR count). The normalized spacial score (nSPS) is 12.2. The predicted molar refractivity (Wildman–Crippen MR) is 68.0 cm³/mol. The van der Waals surface area contributed by atoms with Crippen molar-refractivity contribution in [2.75, 3.05) is 12.3 Å². The van der Waals surface area contributed by atoms with Crippen molar-refractivity contribution in [2.24, 2.45) is 0 Å². The van der Waals surface area contributed by atoms with E-state index in [1.807, 2.05) is 6.07 Å². The predicted octanol–water partition coefficient (Wildman–Crippen LogP) is 1.29. The summed E-state index contributed by atoms with van der Waals surface area (Å²) < 4.78 is 0. The van der Waals surface area contributed by atoms with Crippen molar-refractivity contribution in [3.8, 4) is 0 Å². The number of amides is 1. The van der Waals surface area contributed by atoms with Crippen LogP contribution in [-0.4, -0.2) is 29.4 Å². The van der Waals surface area contributed by atoms with Crippen LogP contribution in [0, 0.1) is 0 Å². The van der Waals surface area contributed by atoms with Gasteiger partial charge >= 0.3 is 0 Å². The van der Waals surface area contributed by atoms with Crippen molar-refractivity contribution in [3.05, 3.63) is 34.9 Å². The van der Waals surface area contributed by atoms with Crippen LogP contribution in [0.5, 0.6) is 0 Å². The zero-order chi connectivity index (χ0) is 12.0. The molecule has 16 heavy (non-hydrogen) atoms. The van der Waals surface area contributed by atoms with Gasteiger partial charge in [0.15, 0.2) is 0 Å². The van der Waals surface area contributed by atoms with Gasteiger partial charge in [-0.3, -0.25) is 4.79 Å². The van der Waals surface area contributed by atoms with Crippen molar-refractivity contribution < 1.29 is 9.90 Å². The summed E-state index contributed by atoms with van der Waals surface area (Å²) in [4.78, 5) is 11.4. The van der Waals surface area contributed by atoms with E-state index in [2.05, 4.69) is 17.9 Å². The van der Waals surface area contributed by atoms with Crippen LogP contribution in [0.25, 0.3) is 0 Å². The molecule has 0 saturated carbocycles. The number of benzene rings is 1. The Morgan fingerprint density at radius 3 is 2.81 bits per heavy atom. The number of rotatable bonds is 5. The molecule has 0 aliphatic heterocycles. The molecule has 1 aromatic carbocycles. The van der Waals surface area contributed by atoms with Gasteiger partial charge in [0.2, 0.25) is 5.91 Å². The molecule has 0 saturated heterocycles. The topological polar surface area (TPSA) is 49.3 Å². The third kappa shape index (κ3) is 4.04. The SMILES string of the molecule is O=C(NCCS)C(O)Cc1ccccc1Cl. The van der Waals surface area contributed by atoms with Crippen LogP contribution in [0.1, 0.15) is 5.56 Å². The smallest absolute Gasteiger partial charge is 0.249 e. The number of halogens is 1. The molecule has 1 atom stereocenters. The minimum absolute atomic E-state index is 0.220. The molecule has 2 N–H and O–H groups in total. The standard InChI is InChI=1S/C11H14ClNO2S/c12-9-4-2-1-3-8(9)7-10(14)11(15)13-5-6-16/h1-4,10,14,16H,5-7H2,(H,13,15). The minimum Gasteiger partial charge on any atom is -0.383 e. The van der Waals surface area contributed by atoms with Crippen molar-refractivity contribution in [1.29, 1.82) is 0 Å². The van der Waals surface area contributed by atoms with Gasteiger partial charge in [0.1, 0.15) is 6.10 Å². The van der Waals surface area contributed by atoms with Crippen molar-refractivity contribution in [3.63, 3.8) is 0 Å². The van der Waals surface area contributed by atoms with Crippen molar-refractivity contribution >= 4 is 30.1 Å². The Bertz CT molecular complexity index is 360. The number of carbonyl (C=O) groups excluding carboxylic acids is 1. The first kappa shape index (κ1) is 13.4. The van der Waals surface area contributed by atoms with Gasteiger partial charge in [-0.25, -0.2) is 0 Å². The molecule has 0 aromatic heterocycles. The van der Waals surface area contributed by atoms with E-state index in [-0.39, 0.29) is 6.42 Å². The van der Waals surface area contributed by atoms with Gasteiger partial charge < -0.3 is 10.4 Å². The fraction of sp³-hybridized carbons (Fsp3) is 0.364. The molecule has 0 spiro atoms. The number of aliphatic hydroxyl groups excluding tert-OH is 1. The summed E-state index contributed by atoms with van der Waals surface area (Å²) in [7, 11) is 0. The molecule has 3 nitrogen and oxygen atoms in total. The Morgan fingerprint density at radius 2 is 2.19 bits per heavy atom. The number of carbonyl (C=O) groups is 1. The number of thiol groups is 1. The van der Waals surface area contributed by atoms with Crippen molar-refractivity contribution in [1.82, 2.24) is 5.32 Å². The van der Waals surface area contributed by atoms with E-state index < -0.39 is 12.0 Å². The van der Waals surface area contributed by atoms with Gasteiger partial charge in [-0.15, -0.1) is 0 Å². The fourth-order valence-electron chi connectivity index (χ4n) is 1.26. The van der Waals surface area contributed by atoms with Crippen LogP contribution in [-0.2, 0) is 11.2 Å². The van der Waals surface area contributed by atoms with Crippen LogP contribution in [0.3, 0.4) is 0 Å². The molecule has 0 radical (unpaired) electrons. The van der Waals surface area contributed by atoms with E-state index in [0.29, 0.717) is 17.3 Å². The summed E-state index contributed by atoms with van der Waals surface area (Å²) >= 11 is 9.88. The first-order valence-electron chi connectivity index (χ1n) is 4.95. The number of hydrogen-bond acceptors (Lipinski definition) is 3. The Hall–Kier alpha value is -0.710. The molecule has 0 aliphatic rings. The Labute approximate surface area is 105 Å². The van der Waals surface area contributed by atoms with Crippen LogP contribution >= 0.6 is 24.2 Å². The monoisotopic (exact) mass is 259 g/mol. The number of aliphatic hydroxyl groups is 1. The van der Waals surface area contributed by atoms with Crippen molar-refractivity contribution in [2.45, 2.75) is 12.5 Å². The Balaban J connectivity index is 2.54. The second-order valence-electron chi connectivity index (χ2n) is 3.33. The average molecular weight is 260 g/mol. The first-order chi connectivity index (χ1) is 7.65. The van der Waals surface area contributed by atoms with E-state index >= 15 is 0 Å². The molecule has 1 unspecified atom stereocenters. The maximum atomic E-state index is 11.4. The van der Waals surface area contributed by atoms with Gasteiger partial charge in [0.05, 0.1) is 0 Å². The molecular weight excluding hydrogens is 246 g/mol. The lowest BCUT2D eigenvalue weighted by Gasteiger charge is -2.11. The zero-order valence-electron chi connectivity index (χ0n) is 8.69. The lowest BCUT2D eigenvalue weighted by Crippen LogP contribution is -2.36. The minimum atomic E-state index is -1.07. The quantitative estimate of drug-likeness (QED) is 0.698. The van der Waals surface area contributed by atoms with Crippen LogP contribution < -0.4 is 5.32 Å². The second kappa shape index (κ2) is 6.78. The lowest BCUT2D eigenvalue weighted by molar-refractivity contribution is -0.129. The highest BCUT2D eigenvalue weighted by Gasteiger charge is 2.15. The molecule has 0 aliphatic carbocycles. The highest BCUT2D eigenvalue weighted by Crippen LogP contribution is 2.16. The maximum absolute atomic E-state index is 11.4. The van der Waals surface area contributed by atoms with Gasteiger partial charge in [0.25, 0.3) is 0 Å². The summed E-state index contributed by atoms with van der Waals surface area (Å²) in [5.74, 6) is 0.152. The summed E-state index contributed by atoms with van der Waals surface area (Å²) in [6.07, 6.45) is -0.849. The fourth-order valence-corrected chi connectivity index (χ4v) is 1.59. The average Bonchev–Trinajstić information content (AvgIpc) is 2.28.